The summed E-state index contributed by atoms with van der Waals surface area (Å²) in [5, 5.41) is 0. The fourth-order valence-electron chi connectivity index (χ4n) is 2.56. The number of benzene rings is 2. The van der Waals surface area contributed by atoms with Crippen molar-refractivity contribution in [3.05, 3.63) is 54.1 Å². The highest BCUT2D eigenvalue weighted by atomic mass is 16.5. The van der Waals surface area contributed by atoms with E-state index in [1.54, 1.807) is 38.3 Å². The van der Waals surface area contributed by atoms with Crippen molar-refractivity contribution < 1.29 is 23.8 Å². The van der Waals surface area contributed by atoms with Gasteiger partial charge in [-0.2, -0.15) is 0 Å². The second kappa shape index (κ2) is 10.9. The summed E-state index contributed by atoms with van der Waals surface area (Å²) in [7, 11) is 1.57. The van der Waals surface area contributed by atoms with Crippen LogP contribution in [-0.4, -0.2) is 31.6 Å². The molecule has 2 atom stereocenters. The van der Waals surface area contributed by atoms with Gasteiger partial charge in [-0.15, -0.1) is 0 Å². The molecule has 0 aromatic heterocycles. The Morgan fingerprint density at radius 2 is 1.62 bits per heavy atom. The van der Waals surface area contributed by atoms with Crippen molar-refractivity contribution in [3.8, 4) is 17.2 Å². The van der Waals surface area contributed by atoms with Crippen molar-refractivity contribution in [2.75, 3.05) is 13.7 Å². The van der Waals surface area contributed by atoms with Crippen molar-refractivity contribution in [3.63, 3.8) is 0 Å². The zero-order valence-electron chi connectivity index (χ0n) is 17.2. The third-order valence-electron chi connectivity index (χ3n) is 4.49. The molecule has 7 heteroatoms. The zero-order chi connectivity index (χ0) is 21.2. The number of hydrogen-bond donors (Lipinski definition) is 2. The molecule has 0 fully saturated rings. The first-order valence-electron chi connectivity index (χ1n) is 9.55. The van der Waals surface area contributed by atoms with Crippen molar-refractivity contribution in [1.82, 2.24) is 10.9 Å². The third kappa shape index (κ3) is 6.71. The van der Waals surface area contributed by atoms with Gasteiger partial charge in [0, 0.05) is 0 Å². The Bertz CT molecular complexity index is 807. The van der Waals surface area contributed by atoms with E-state index >= 15 is 0 Å². The normalized spacial score (nSPS) is 12.4. The van der Waals surface area contributed by atoms with Gasteiger partial charge in [-0.05, 0) is 55.2 Å². The molecule has 2 aromatic carbocycles. The molecule has 0 aliphatic carbocycles. The predicted molar refractivity (Wildman–Crippen MR) is 110 cm³/mol. The Hall–Kier alpha value is -3.22. The molecule has 7 nitrogen and oxygen atoms in total. The number of rotatable bonds is 9. The molecule has 2 aromatic rings. The molecule has 0 heterocycles. The maximum atomic E-state index is 12.1. The van der Waals surface area contributed by atoms with Crippen LogP contribution in [0.5, 0.6) is 17.2 Å². The van der Waals surface area contributed by atoms with E-state index in [1.807, 2.05) is 24.3 Å². The SMILES string of the molecule is CCC(C)c1ccccc1OCC(=O)NNC(=O)C(C)Oc1ccc(OC)cc1. The summed E-state index contributed by atoms with van der Waals surface area (Å²) >= 11 is 0. The van der Waals surface area contributed by atoms with E-state index in [2.05, 4.69) is 24.7 Å². The van der Waals surface area contributed by atoms with Crippen LogP contribution < -0.4 is 25.1 Å². The van der Waals surface area contributed by atoms with Crippen LogP contribution in [0.25, 0.3) is 0 Å². The number of carbonyl (C=O) groups excluding carboxylic acids is 2. The first kappa shape index (κ1) is 22.1. The number of carbonyl (C=O) groups is 2. The molecular weight excluding hydrogens is 372 g/mol. The highest BCUT2D eigenvalue weighted by Gasteiger charge is 2.16. The number of hydrogen-bond acceptors (Lipinski definition) is 5. The summed E-state index contributed by atoms with van der Waals surface area (Å²) in [6.07, 6.45) is 0.171. The van der Waals surface area contributed by atoms with Crippen LogP contribution in [0.3, 0.4) is 0 Å². The first-order chi connectivity index (χ1) is 13.9. The monoisotopic (exact) mass is 400 g/mol. The minimum Gasteiger partial charge on any atom is -0.497 e. The van der Waals surface area contributed by atoms with Crippen LogP contribution in [0.4, 0.5) is 0 Å². The van der Waals surface area contributed by atoms with E-state index in [4.69, 9.17) is 14.2 Å². The van der Waals surface area contributed by atoms with Gasteiger partial charge in [0.05, 0.1) is 7.11 Å². The molecule has 0 saturated carbocycles. The Balaban J connectivity index is 1.79. The standard InChI is InChI=1S/C22H28N2O5/c1-5-15(2)19-8-6-7-9-20(19)28-14-21(25)23-24-22(26)16(3)29-18-12-10-17(27-4)11-13-18/h6-13,15-16H,5,14H2,1-4H3,(H,23,25)(H,24,26). The molecular formula is C22H28N2O5. The van der Waals surface area contributed by atoms with Gasteiger partial charge < -0.3 is 14.2 Å². The van der Waals surface area contributed by atoms with Gasteiger partial charge in [0.2, 0.25) is 0 Å². The molecule has 2 rings (SSSR count). The second-order valence-electron chi connectivity index (χ2n) is 6.61. The van der Waals surface area contributed by atoms with Crippen molar-refractivity contribution in [2.45, 2.75) is 39.2 Å². The average Bonchev–Trinajstić information content (AvgIpc) is 2.76. The van der Waals surface area contributed by atoms with Gasteiger partial charge in [-0.3, -0.25) is 20.4 Å². The van der Waals surface area contributed by atoms with Gasteiger partial charge in [0.15, 0.2) is 12.7 Å². The predicted octanol–water partition coefficient (Wildman–Crippen LogP) is 3.20. The Labute approximate surface area is 171 Å². The van der Waals surface area contributed by atoms with Gasteiger partial charge in [0.1, 0.15) is 17.2 Å². The number of amides is 2. The molecule has 2 N–H and O–H groups in total. The van der Waals surface area contributed by atoms with Crippen molar-refractivity contribution in [1.29, 1.82) is 0 Å². The molecule has 0 aliphatic rings. The number of nitrogens with one attached hydrogen (secondary N) is 2. The smallest absolute Gasteiger partial charge is 0.279 e. The fraction of sp³-hybridized carbons (Fsp3) is 0.364. The molecule has 0 radical (unpaired) electrons. The van der Waals surface area contributed by atoms with Crippen molar-refractivity contribution >= 4 is 11.8 Å². The van der Waals surface area contributed by atoms with Crippen LogP contribution in [0.1, 0.15) is 38.7 Å². The maximum absolute atomic E-state index is 12.1. The quantitative estimate of drug-likeness (QED) is 0.632. The molecule has 0 saturated heterocycles. The van der Waals surface area contributed by atoms with Crippen LogP contribution >= 0.6 is 0 Å². The zero-order valence-corrected chi connectivity index (χ0v) is 17.2. The van der Waals surface area contributed by atoms with Crippen LogP contribution in [-0.2, 0) is 9.59 Å². The number of hydrazine groups is 1. The summed E-state index contributed by atoms with van der Waals surface area (Å²) in [6, 6.07) is 14.5. The highest BCUT2D eigenvalue weighted by Crippen LogP contribution is 2.28. The van der Waals surface area contributed by atoms with Crippen LogP contribution in [0, 0.1) is 0 Å². The fourth-order valence-corrected chi connectivity index (χ4v) is 2.56. The second-order valence-corrected chi connectivity index (χ2v) is 6.61. The first-order valence-corrected chi connectivity index (χ1v) is 9.55. The lowest BCUT2D eigenvalue weighted by molar-refractivity contribution is -0.133. The third-order valence-corrected chi connectivity index (χ3v) is 4.49. The minimum atomic E-state index is -0.796. The summed E-state index contributed by atoms with van der Waals surface area (Å²) in [5.74, 6) is 1.26. The Morgan fingerprint density at radius 1 is 0.966 bits per heavy atom. The molecule has 2 amide bonds. The van der Waals surface area contributed by atoms with Crippen LogP contribution in [0.15, 0.2) is 48.5 Å². The van der Waals surface area contributed by atoms with E-state index in [1.165, 1.54) is 0 Å². The van der Waals surface area contributed by atoms with Gasteiger partial charge >= 0.3 is 0 Å². The van der Waals surface area contributed by atoms with Gasteiger partial charge in [-0.1, -0.05) is 32.0 Å². The molecule has 0 spiro atoms. The topological polar surface area (TPSA) is 85.9 Å². The number of ether oxygens (including phenoxy) is 3. The Morgan fingerprint density at radius 3 is 2.28 bits per heavy atom. The summed E-state index contributed by atoms with van der Waals surface area (Å²) < 4.78 is 16.2. The Kier molecular flexibility index (Phi) is 8.33. The lowest BCUT2D eigenvalue weighted by Crippen LogP contribution is -2.48. The highest BCUT2D eigenvalue weighted by molar-refractivity contribution is 5.85. The number of para-hydroxylation sites is 1. The average molecular weight is 400 g/mol. The lowest BCUT2D eigenvalue weighted by Gasteiger charge is -2.17. The van der Waals surface area contributed by atoms with E-state index in [0.717, 1.165) is 12.0 Å². The molecule has 29 heavy (non-hydrogen) atoms. The van der Waals surface area contributed by atoms with Gasteiger partial charge in [0.25, 0.3) is 11.8 Å². The van der Waals surface area contributed by atoms with Gasteiger partial charge in [-0.25, -0.2) is 0 Å². The largest absolute Gasteiger partial charge is 0.497 e. The molecule has 0 aliphatic heterocycles. The molecule has 156 valence electrons. The lowest BCUT2D eigenvalue weighted by atomic mass is 9.98. The van der Waals surface area contributed by atoms with E-state index in [-0.39, 0.29) is 6.61 Å². The van der Waals surface area contributed by atoms with E-state index < -0.39 is 17.9 Å². The van der Waals surface area contributed by atoms with Crippen molar-refractivity contribution in [2.24, 2.45) is 0 Å². The maximum Gasteiger partial charge on any atom is 0.279 e. The van der Waals surface area contributed by atoms with E-state index in [0.29, 0.717) is 23.2 Å². The summed E-state index contributed by atoms with van der Waals surface area (Å²) in [6.45, 7) is 5.58. The summed E-state index contributed by atoms with van der Waals surface area (Å²) in [5.41, 5.74) is 5.73. The van der Waals surface area contributed by atoms with Crippen LogP contribution in [0.2, 0.25) is 0 Å². The summed E-state index contributed by atoms with van der Waals surface area (Å²) in [4.78, 5) is 24.1. The van der Waals surface area contributed by atoms with E-state index in [9.17, 15) is 9.59 Å². The molecule has 0 bridgehead atoms. The minimum absolute atomic E-state index is 0.207. The number of methoxy groups -OCH3 is 1. The molecule has 2 unspecified atom stereocenters.